The van der Waals surface area contributed by atoms with Crippen LogP contribution in [-0.2, 0) is 23.9 Å². The molecule has 39 heavy (non-hydrogen) atoms. The number of amides is 3. The molecule has 1 N–H and O–H groups in total. The predicted molar refractivity (Wildman–Crippen MR) is 147 cm³/mol. The molecule has 218 valence electrons. The second-order valence-electron chi connectivity index (χ2n) is 11.1. The molecule has 4 rings (SSSR count). The lowest BCUT2D eigenvalue weighted by Crippen LogP contribution is -2.59. The molecule has 2 unspecified atom stereocenters. The Morgan fingerprint density at radius 2 is 1.79 bits per heavy atom. The molecule has 10 heteroatoms. The maximum atomic E-state index is 14.4. The van der Waals surface area contributed by atoms with Crippen molar-refractivity contribution in [2.45, 2.75) is 63.3 Å². The molecule has 6 atom stereocenters. The molecule has 0 radical (unpaired) electrons. The first-order valence-electron chi connectivity index (χ1n) is 14.6. The zero-order chi connectivity index (χ0) is 28.2. The number of hydrogen-bond acceptors (Lipinski definition) is 7. The lowest BCUT2D eigenvalue weighted by atomic mass is 9.70. The zero-order valence-corrected chi connectivity index (χ0v) is 23.6. The van der Waals surface area contributed by atoms with Crippen molar-refractivity contribution in [3.05, 3.63) is 25.3 Å². The summed E-state index contributed by atoms with van der Waals surface area (Å²) in [6, 6.07) is -1.42. The quantitative estimate of drug-likeness (QED) is 0.323. The number of likely N-dealkylation sites (tertiary alicyclic amines) is 1. The summed E-state index contributed by atoms with van der Waals surface area (Å²) in [5, 5.41) is 10.3. The Labute approximate surface area is 232 Å². The van der Waals surface area contributed by atoms with Crippen molar-refractivity contribution in [1.82, 2.24) is 19.6 Å². The summed E-state index contributed by atoms with van der Waals surface area (Å²) >= 11 is 0. The van der Waals surface area contributed by atoms with Crippen LogP contribution in [-0.4, -0.2) is 132 Å². The summed E-state index contributed by atoms with van der Waals surface area (Å²) in [4.78, 5) is 49.8. The van der Waals surface area contributed by atoms with E-state index in [1.807, 2.05) is 13.8 Å². The average Bonchev–Trinajstić information content (AvgIpc) is 3.59. The van der Waals surface area contributed by atoms with E-state index < -0.39 is 35.6 Å². The fraction of sp³-hybridized carbons (Fsp3) is 0.759. The van der Waals surface area contributed by atoms with Crippen molar-refractivity contribution in [3.63, 3.8) is 0 Å². The summed E-state index contributed by atoms with van der Waals surface area (Å²) in [5.41, 5.74) is -1.08. The highest BCUT2D eigenvalue weighted by Crippen LogP contribution is 2.59. The summed E-state index contributed by atoms with van der Waals surface area (Å²) < 4.78 is 12.1. The van der Waals surface area contributed by atoms with Gasteiger partial charge in [0.1, 0.15) is 11.6 Å². The van der Waals surface area contributed by atoms with Crippen molar-refractivity contribution in [2.24, 2.45) is 11.8 Å². The lowest BCUT2D eigenvalue weighted by Gasteiger charge is -2.39. The Hall–Kier alpha value is -2.27. The third kappa shape index (κ3) is 5.40. The van der Waals surface area contributed by atoms with Crippen LogP contribution in [0.3, 0.4) is 0 Å². The summed E-state index contributed by atoms with van der Waals surface area (Å²) in [6.07, 6.45) is 5.44. The van der Waals surface area contributed by atoms with Gasteiger partial charge in [0.15, 0.2) is 0 Å². The van der Waals surface area contributed by atoms with Gasteiger partial charge in [-0.25, -0.2) is 0 Å². The van der Waals surface area contributed by atoms with Gasteiger partial charge in [0.05, 0.1) is 43.8 Å². The number of aliphatic hydroxyl groups excluding tert-OH is 1. The molecule has 4 saturated heterocycles. The average molecular weight is 547 g/mol. The number of rotatable bonds is 14. The first-order chi connectivity index (χ1) is 18.9. The van der Waals surface area contributed by atoms with Crippen molar-refractivity contribution in [3.8, 4) is 0 Å². The van der Waals surface area contributed by atoms with E-state index >= 15 is 0 Å². The minimum atomic E-state index is -1.08. The summed E-state index contributed by atoms with van der Waals surface area (Å²) in [6.45, 7) is 16.8. The lowest BCUT2D eigenvalue weighted by molar-refractivity contribution is -0.152. The Bertz CT molecular complexity index is 919. The highest BCUT2D eigenvalue weighted by molar-refractivity contribution is 5.99. The number of morpholine rings is 1. The first-order valence-corrected chi connectivity index (χ1v) is 14.6. The largest absolute Gasteiger partial charge is 0.394 e. The van der Waals surface area contributed by atoms with E-state index in [9.17, 15) is 19.5 Å². The fourth-order valence-electron chi connectivity index (χ4n) is 7.09. The van der Waals surface area contributed by atoms with E-state index in [1.165, 1.54) is 0 Å². The molecule has 4 aliphatic heterocycles. The van der Waals surface area contributed by atoms with Gasteiger partial charge in [0, 0.05) is 45.8 Å². The molecule has 2 bridgehead atoms. The van der Waals surface area contributed by atoms with Gasteiger partial charge in [-0.1, -0.05) is 26.0 Å². The van der Waals surface area contributed by atoms with Gasteiger partial charge in [-0.2, -0.15) is 0 Å². The molecular weight excluding hydrogens is 500 g/mol. The van der Waals surface area contributed by atoms with Gasteiger partial charge in [-0.15, -0.1) is 13.2 Å². The van der Waals surface area contributed by atoms with Crippen LogP contribution in [0.15, 0.2) is 25.3 Å². The third-order valence-corrected chi connectivity index (χ3v) is 8.94. The standard InChI is InChI=1S/C29H46N4O6/c1-5-11-31(12-6-2)26(35)23-22-9-10-29(39-22)24(23)27(36)33(21(8-4)20-34)25(29)28(37)32(13-7-3)15-14-30-16-18-38-19-17-30/h5,7,21-25,34H,1,3,6,8-20H2,2,4H3/t21-,22-,23+,24-,25?,29?/m0/s1. The molecule has 4 fully saturated rings. The van der Waals surface area contributed by atoms with Gasteiger partial charge >= 0.3 is 0 Å². The Kier molecular flexibility index (Phi) is 9.85. The smallest absolute Gasteiger partial charge is 0.248 e. The maximum absolute atomic E-state index is 14.4. The van der Waals surface area contributed by atoms with Crippen LogP contribution in [0.5, 0.6) is 0 Å². The van der Waals surface area contributed by atoms with Gasteiger partial charge < -0.3 is 29.3 Å². The number of aliphatic hydroxyl groups is 1. The molecule has 4 heterocycles. The van der Waals surface area contributed by atoms with E-state index in [-0.39, 0.29) is 24.3 Å². The zero-order valence-electron chi connectivity index (χ0n) is 23.6. The number of fused-ring (bicyclic) bond motifs is 1. The van der Waals surface area contributed by atoms with E-state index in [4.69, 9.17) is 9.47 Å². The number of nitrogens with zero attached hydrogens (tertiary/aromatic N) is 4. The molecule has 0 aromatic rings. The number of carbonyl (C=O) groups excluding carboxylic acids is 3. The van der Waals surface area contributed by atoms with Crippen LogP contribution in [0.4, 0.5) is 0 Å². The molecule has 0 aliphatic carbocycles. The number of carbonyl (C=O) groups is 3. The van der Waals surface area contributed by atoms with E-state index in [0.717, 1.165) is 19.5 Å². The second kappa shape index (κ2) is 12.9. The minimum absolute atomic E-state index is 0.109. The summed E-state index contributed by atoms with van der Waals surface area (Å²) in [7, 11) is 0. The van der Waals surface area contributed by atoms with Crippen LogP contribution in [0.2, 0.25) is 0 Å². The highest BCUT2D eigenvalue weighted by Gasteiger charge is 2.75. The number of ether oxygens (including phenoxy) is 2. The van der Waals surface area contributed by atoms with Gasteiger partial charge in [0.2, 0.25) is 17.7 Å². The number of hydrogen-bond donors (Lipinski definition) is 1. The first kappa shape index (κ1) is 29.7. The fourth-order valence-corrected chi connectivity index (χ4v) is 7.09. The molecule has 0 aromatic carbocycles. The molecule has 0 aromatic heterocycles. The predicted octanol–water partition coefficient (Wildman–Crippen LogP) is 0.903. The van der Waals surface area contributed by atoms with Crippen molar-refractivity contribution >= 4 is 17.7 Å². The molecule has 10 nitrogen and oxygen atoms in total. The third-order valence-electron chi connectivity index (χ3n) is 8.94. The van der Waals surface area contributed by atoms with Crippen molar-refractivity contribution in [1.29, 1.82) is 0 Å². The van der Waals surface area contributed by atoms with Crippen molar-refractivity contribution < 1.29 is 29.0 Å². The molecule has 0 saturated carbocycles. The SMILES string of the molecule is C=CCN(CCN1CCOCC1)C(=O)C1N([C@@H](CC)CO)C(=O)[C@@H]2[C@H](C(=O)N(CC=C)CCC)[C@@H]3CCC12O3. The van der Waals surface area contributed by atoms with Crippen molar-refractivity contribution in [2.75, 3.05) is 65.6 Å². The Morgan fingerprint density at radius 3 is 2.38 bits per heavy atom. The molecule has 4 aliphatic rings. The molecule has 1 spiro atoms. The second-order valence-corrected chi connectivity index (χ2v) is 11.1. The van der Waals surface area contributed by atoms with Crippen LogP contribution in [0.1, 0.15) is 39.5 Å². The van der Waals surface area contributed by atoms with E-state index in [1.54, 1.807) is 26.9 Å². The topological polar surface area (TPSA) is 103 Å². The Balaban J connectivity index is 1.67. The van der Waals surface area contributed by atoms with Gasteiger partial charge in [-0.3, -0.25) is 19.3 Å². The van der Waals surface area contributed by atoms with E-state index in [0.29, 0.717) is 65.2 Å². The Morgan fingerprint density at radius 1 is 1.13 bits per heavy atom. The monoisotopic (exact) mass is 546 g/mol. The molecule has 3 amide bonds. The minimum Gasteiger partial charge on any atom is -0.394 e. The van der Waals surface area contributed by atoms with Crippen LogP contribution >= 0.6 is 0 Å². The highest BCUT2D eigenvalue weighted by atomic mass is 16.5. The van der Waals surface area contributed by atoms with E-state index in [2.05, 4.69) is 18.1 Å². The summed E-state index contributed by atoms with van der Waals surface area (Å²) in [5.74, 6) is -1.95. The van der Waals surface area contributed by atoms with Crippen LogP contribution < -0.4 is 0 Å². The molecular formula is C29H46N4O6. The van der Waals surface area contributed by atoms with Gasteiger partial charge in [0.25, 0.3) is 0 Å². The normalized spacial score (nSPS) is 30.7. The van der Waals surface area contributed by atoms with Gasteiger partial charge in [-0.05, 0) is 25.7 Å². The van der Waals surface area contributed by atoms with Crippen LogP contribution in [0.25, 0.3) is 0 Å². The van der Waals surface area contributed by atoms with Crippen LogP contribution in [0, 0.1) is 11.8 Å². The maximum Gasteiger partial charge on any atom is 0.248 e.